The van der Waals surface area contributed by atoms with E-state index in [1.807, 2.05) is 66.7 Å². The van der Waals surface area contributed by atoms with Gasteiger partial charge in [-0.1, -0.05) is 36.4 Å². The number of para-hydroxylation sites is 2. The van der Waals surface area contributed by atoms with E-state index in [1.54, 1.807) is 40.8 Å². The minimum Gasteiger partial charge on any atom is -0.493 e. The van der Waals surface area contributed by atoms with E-state index >= 15 is 0 Å². The number of aliphatic imine (C=N–C) groups is 1. The lowest BCUT2D eigenvalue weighted by Gasteiger charge is -2.26. The summed E-state index contributed by atoms with van der Waals surface area (Å²) in [6, 6.07) is 27.4. The number of benzene rings is 5. The lowest BCUT2D eigenvalue weighted by molar-refractivity contribution is -0.118. The quantitative estimate of drug-likeness (QED) is 0.0464. The number of nitrogens with two attached hydrogens (primary N) is 1. The van der Waals surface area contributed by atoms with Gasteiger partial charge in [-0.3, -0.25) is 24.3 Å². The number of carbonyl (C=O) groups excluding carboxylic acids is 3. The number of hydrogen-bond acceptors (Lipinski definition) is 13. The van der Waals surface area contributed by atoms with Crippen molar-refractivity contribution in [2.45, 2.75) is 44.9 Å². The van der Waals surface area contributed by atoms with Crippen molar-refractivity contribution in [2.24, 2.45) is 10.7 Å². The molecule has 3 N–H and O–H groups in total. The number of anilines is 4. The van der Waals surface area contributed by atoms with Crippen LogP contribution in [-0.4, -0.2) is 104 Å². The van der Waals surface area contributed by atoms with E-state index in [2.05, 4.69) is 4.90 Å². The lowest BCUT2D eigenvalue weighted by atomic mass is 10.1. The zero-order valence-corrected chi connectivity index (χ0v) is 39.0. The standard InChI is InChI=1S/C52H57FN6O10/c1-63-19-20-67-22-21-66-18-17-57(15-8-13-50(54)60)38-24-34(32-68-48-29-42-40(27-46(48)64-2)52(62)59-39(31-55-42)26-37-10-5-7-12-45(37)59)23-35(25-38)33-69-49-30-43(56-53)41(28-47(49)65-3)51(61)58-16-14-36-9-4-6-11-44(36)58/h4-7,9-12,23-25,27-31,39,56H,8,13-22,26,32-33H2,1-3H3,(H2,54,60)/t39-/m0/s1. The summed E-state index contributed by atoms with van der Waals surface area (Å²) in [7, 11) is 4.59. The van der Waals surface area contributed by atoms with Gasteiger partial charge in [-0.2, -0.15) is 0 Å². The number of fused-ring (bicyclic) bond motifs is 5. The maximum absolute atomic E-state index is 14.6. The number of methoxy groups -OCH3 is 3. The number of nitrogens with zero attached hydrogens (tertiary/aromatic N) is 4. The number of primary amides is 1. The topological polar surface area (TPSA) is 176 Å². The Kier molecular flexibility index (Phi) is 15.9. The van der Waals surface area contributed by atoms with Gasteiger partial charge in [0.2, 0.25) is 5.91 Å². The van der Waals surface area contributed by atoms with Crippen molar-refractivity contribution in [3.05, 3.63) is 124 Å². The van der Waals surface area contributed by atoms with Crippen molar-refractivity contribution in [1.29, 1.82) is 0 Å². The fourth-order valence-corrected chi connectivity index (χ4v) is 8.84. The molecule has 362 valence electrons. The van der Waals surface area contributed by atoms with Gasteiger partial charge in [0.25, 0.3) is 11.8 Å². The highest BCUT2D eigenvalue weighted by Crippen LogP contribution is 2.42. The van der Waals surface area contributed by atoms with E-state index in [-0.39, 0.29) is 60.2 Å². The Bertz CT molecular complexity index is 2680. The summed E-state index contributed by atoms with van der Waals surface area (Å²) in [4.78, 5) is 50.1. The van der Waals surface area contributed by atoms with Crippen LogP contribution < -0.4 is 44.9 Å². The molecule has 0 aliphatic carbocycles. The Balaban J connectivity index is 1.06. The molecule has 5 aromatic carbocycles. The van der Waals surface area contributed by atoms with Crippen LogP contribution in [0, 0.1) is 0 Å². The van der Waals surface area contributed by atoms with Gasteiger partial charge in [0.05, 0.1) is 75.8 Å². The normalized spacial score (nSPS) is 14.4. The van der Waals surface area contributed by atoms with Crippen LogP contribution >= 0.6 is 0 Å². The van der Waals surface area contributed by atoms with Crippen LogP contribution in [0.1, 0.15) is 55.8 Å². The van der Waals surface area contributed by atoms with Crippen LogP contribution in [0.4, 0.5) is 32.9 Å². The summed E-state index contributed by atoms with van der Waals surface area (Å²) in [6.45, 7) is 3.56. The number of rotatable bonds is 24. The van der Waals surface area contributed by atoms with Gasteiger partial charge in [-0.05, 0) is 77.6 Å². The van der Waals surface area contributed by atoms with Gasteiger partial charge >= 0.3 is 0 Å². The molecule has 17 heteroatoms. The zero-order chi connectivity index (χ0) is 48.3. The van der Waals surface area contributed by atoms with E-state index < -0.39 is 5.91 Å². The van der Waals surface area contributed by atoms with Crippen molar-refractivity contribution < 1.29 is 52.0 Å². The number of hydrogen-bond donors (Lipinski definition) is 2. The molecule has 0 spiro atoms. The molecule has 3 heterocycles. The third-order valence-corrected chi connectivity index (χ3v) is 12.2. The van der Waals surface area contributed by atoms with Gasteiger partial charge in [0.15, 0.2) is 23.0 Å². The van der Waals surface area contributed by atoms with Crippen molar-refractivity contribution in [2.75, 3.05) is 94.2 Å². The highest BCUT2D eigenvalue weighted by Gasteiger charge is 2.36. The molecule has 0 saturated heterocycles. The van der Waals surface area contributed by atoms with Gasteiger partial charge in [0.1, 0.15) is 13.2 Å². The SMILES string of the molecule is COCCOCCOCCN(CCCC(N)=O)c1cc(COc2cc3c(cc2OC)C(=O)N2c4ccccc4C[C@H]2C=N3)cc(COc2cc(NF)c(C(=O)N3CCc4ccccc43)cc2OC)c1. The number of carbonyl (C=O) groups is 3. The minimum atomic E-state index is -0.407. The predicted octanol–water partition coefficient (Wildman–Crippen LogP) is 7.40. The monoisotopic (exact) mass is 944 g/mol. The van der Waals surface area contributed by atoms with Gasteiger partial charge in [-0.15, -0.1) is 4.48 Å². The van der Waals surface area contributed by atoms with E-state index in [9.17, 15) is 18.9 Å². The Labute approximate surface area is 400 Å². The van der Waals surface area contributed by atoms with E-state index in [1.165, 1.54) is 26.4 Å². The lowest BCUT2D eigenvalue weighted by Crippen LogP contribution is -2.37. The second kappa shape index (κ2) is 22.7. The van der Waals surface area contributed by atoms with Crippen molar-refractivity contribution in [1.82, 2.24) is 0 Å². The summed E-state index contributed by atoms with van der Waals surface area (Å²) < 4.78 is 55.5. The van der Waals surface area contributed by atoms with E-state index in [0.717, 1.165) is 33.8 Å². The maximum Gasteiger partial charge on any atom is 0.261 e. The molecular weight excluding hydrogens is 888 g/mol. The summed E-state index contributed by atoms with van der Waals surface area (Å²) in [5.74, 6) is 0.222. The first-order valence-corrected chi connectivity index (χ1v) is 22.9. The Hall–Kier alpha value is -7.21. The molecule has 0 saturated carbocycles. The first kappa shape index (κ1) is 48.3. The van der Waals surface area contributed by atoms with Crippen molar-refractivity contribution >= 4 is 52.4 Å². The van der Waals surface area contributed by atoms with Crippen molar-refractivity contribution in [3.63, 3.8) is 0 Å². The smallest absolute Gasteiger partial charge is 0.261 e. The van der Waals surface area contributed by atoms with Gasteiger partial charge in [-0.25, -0.2) is 5.54 Å². The number of nitrogens with one attached hydrogen (secondary N) is 1. The van der Waals surface area contributed by atoms with E-state index in [0.29, 0.717) is 100 Å². The molecule has 0 aromatic heterocycles. The second-order valence-electron chi connectivity index (χ2n) is 16.7. The minimum absolute atomic E-state index is 0.0000536. The molecule has 3 aliphatic rings. The van der Waals surface area contributed by atoms with Crippen LogP contribution in [0.15, 0.2) is 96.0 Å². The molecule has 0 bridgehead atoms. The largest absolute Gasteiger partial charge is 0.493 e. The van der Waals surface area contributed by atoms with Crippen LogP contribution in [0.5, 0.6) is 23.0 Å². The fourth-order valence-electron chi connectivity index (χ4n) is 8.84. The van der Waals surface area contributed by atoms with Crippen LogP contribution in [-0.2, 0) is 45.1 Å². The first-order chi connectivity index (χ1) is 33.7. The molecule has 0 fully saturated rings. The summed E-state index contributed by atoms with van der Waals surface area (Å²) in [6.07, 6.45) is 3.83. The molecule has 0 radical (unpaired) electrons. The molecule has 16 nitrogen and oxygen atoms in total. The summed E-state index contributed by atoms with van der Waals surface area (Å²) in [5, 5.41) is 0. The fraction of sp³-hybridized carbons (Fsp3) is 0.346. The first-order valence-electron chi connectivity index (χ1n) is 22.9. The highest BCUT2D eigenvalue weighted by molar-refractivity contribution is 6.15. The summed E-state index contributed by atoms with van der Waals surface area (Å²) >= 11 is 0. The van der Waals surface area contributed by atoms with E-state index in [4.69, 9.17) is 43.9 Å². The molecular formula is C52H57FN6O10. The second-order valence-corrected chi connectivity index (χ2v) is 16.7. The Morgan fingerprint density at radius 3 is 2.16 bits per heavy atom. The molecule has 3 amide bonds. The molecule has 1 atom stereocenters. The van der Waals surface area contributed by atoms with Gasteiger partial charge in [0, 0.05) is 75.0 Å². The molecule has 69 heavy (non-hydrogen) atoms. The average Bonchev–Trinajstić information content (AvgIpc) is 3.94. The zero-order valence-electron chi connectivity index (χ0n) is 39.0. The van der Waals surface area contributed by atoms with Gasteiger partial charge < -0.3 is 48.7 Å². The van der Waals surface area contributed by atoms with Crippen molar-refractivity contribution in [3.8, 4) is 23.0 Å². The predicted molar refractivity (Wildman–Crippen MR) is 261 cm³/mol. The third kappa shape index (κ3) is 11.2. The van der Waals surface area contributed by atoms with Crippen LogP contribution in [0.25, 0.3) is 0 Å². The van der Waals surface area contributed by atoms with Crippen LogP contribution in [0.2, 0.25) is 0 Å². The number of amides is 3. The number of ether oxygens (including phenoxy) is 7. The molecule has 0 unspecified atom stereocenters. The Morgan fingerprint density at radius 2 is 1.45 bits per heavy atom. The molecule has 8 rings (SSSR count). The molecule has 5 aromatic rings. The summed E-state index contributed by atoms with van der Waals surface area (Å²) in [5.41, 5.74) is 14.1. The Morgan fingerprint density at radius 1 is 0.783 bits per heavy atom. The van der Waals surface area contributed by atoms with Crippen LogP contribution in [0.3, 0.4) is 0 Å². The third-order valence-electron chi connectivity index (χ3n) is 12.2. The highest BCUT2D eigenvalue weighted by atomic mass is 19.2. The maximum atomic E-state index is 14.6. The average molecular weight is 945 g/mol. The molecule has 3 aliphatic heterocycles. The number of halogens is 1.